The fourth-order valence-corrected chi connectivity index (χ4v) is 7.28. The molecule has 158 valence electrons. The van der Waals surface area contributed by atoms with Crippen LogP contribution in [0.25, 0.3) is 10.8 Å². The van der Waals surface area contributed by atoms with Crippen LogP contribution in [0.3, 0.4) is 0 Å². The van der Waals surface area contributed by atoms with E-state index in [0.29, 0.717) is 17.4 Å². The molecule has 2 unspecified atom stereocenters. The SMILES string of the molecule is COc1ccc2c(Br)cc3c(c2c1)CC[C@]1(C)CC(O[Si](C)(C)C(C)(C)C)CC31. The van der Waals surface area contributed by atoms with E-state index in [1.54, 1.807) is 7.11 Å². The van der Waals surface area contributed by atoms with Crippen LogP contribution in [0.15, 0.2) is 28.7 Å². The molecule has 0 saturated heterocycles. The lowest BCUT2D eigenvalue weighted by Crippen LogP contribution is -2.43. The van der Waals surface area contributed by atoms with E-state index in [1.165, 1.54) is 39.2 Å². The Morgan fingerprint density at radius 3 is 2.52 bits per heavy atom. The molecule has 2 aromatic carbocycles. The van der Waals surface area contributed by atoms with Crippen molar-refractivity contribution < 1.29 is 9.16 Å². The van der Waals surface area contributed by atoms with Crippen molar-refractivity contribution in [3.8, 4) is 5.75 Å². The van der Waals surface area contributed by atoms with Gasteiger partial charge in [-0.3, -0.25) is 0 Å². The fourth-order valence-electron chi connectivity index (χ4n) is 5.32. The maximum atomic E-state index is 6.90. The van der Waals surface area contributed by atoms with Crippen molar-refractivity contribution in [2.24, 2.45) is 5.41 Å². The van der Waals surface area contributed by atoms with Crippen LogP contribution in [0.5, 0.6) is 5.75 Å². The Bertz CT molecular complexity index is 946. The van der Waals surface area contributed by atoms with Gasteiger partial charge >= 0.3 is 0 Å². The second kappa shape index (κ2) is 7.10. The van der Waals surface area contributed by atoms with E-state index in [2.05, 4.69) is 81.0 Å². The highest BCUT2D eigenvalue weighted by Crippen LogP contribution is 2.58. The summed E-state index contributed by atoms with van der Waals surface area (Å²) in [4.78, 5) is 0. The predicted octanol–water partition coefficient (Wildman–Crippen LogP) is 7.83. The lowest BCUT2D eigenvalue weighted by molar-refractivity contribution is 0.165. The van der Waals surface area contributed by atoms with Crippen LogP contribution >= 0.6 is 15.9 Å². The maximum Gasteiger partial charge on any atom is 0.192 e. The van der Waals surface area contributed by atoms with Crippen LogP contribution in [0.4, 0.5) is 0 Å². The third kappa shape index (κ3) is 3.59. The molecule has 0 radical (unpaired) electrons. The minimum Gasteiger partial charge on any atom is -0.497 e. The molecule has 3 atom stereocenters. The Balaban J connectivity index is 1.73. The van der Waals surface area contributed by atoms with E-state index in [0.717, 1.165) is 18.6 Å². The van der Waals surface area contributed by atoms with Crippen molar-refractivity contribution in [2.45, 2.75) is 83.5 Å². The van der Waals surface area contributed by atoms with Gasteiger partial charge in [0.15, 0.2) is 8.32 Å². The van der Waals surface area contributed by atoms with Gasteiger partial charge < -0.3 is 9.16 Å². The Morgan fingerprint density at radius 1 is 1.14 bits per heavy atom. The summed E-state index contributed by atoms with van der Waals surface area (Å²) >= 11 is 3.86. The lowest BCUT2D eigenvalue weighted by atomic mass is 9.66. The molecule has 0 aliphatic heterocycles. The van der Waals surface area contributed by atoms with Gasteiger partial charge in [-0.25, -0.2) is 0 Å². The molecule has 2 aliphatic rings. The Hall–Kier alpha value is -0.843. The first kappa shape index (κ1) is 21.4. The fraction of sp³-hybridized carbons (Fsp3) is 0.600. The maximum absolute atomic E-state index is 6.90. The zero-order valence-electron chi connectivity index (χ0n) is 19.0. The van der Waals surface area contributed by atoms with E-state index in [4.69, 9.17) is 9.16 Å². The second-order valence-electron chi connectivity index (χ2n) is 11.0. The molecule has 0 aromatic heterocycles. The van der Waals surface area contributed by atoms with Gasteiger partial charge in [0.05, 0.1) is 7.11 Å². The topological polar surface area (TPSA) is 18.5 Å². The van der Waals surface area contributed by atoms with E-state index in [-0.39, 0.29) is 5.04 Å². The zero-order chi connectivity index (χ0) is 21.2. The van der Waals surface area contributed by atoms with Gasteiger partial charge in [-0.05, 0) is 101 Å². The first-order chi connectivity index (χ1) is 13.4. The molecular formula is C25H35BrO2Si. The minimum atomic E-state index is -1.75. The van der Waals surface area contributed by atoms with E-state index < -0.39 is 8.32 Å². The minimum absolute atomic E-state index is 0.259. The van der Waals surface area contributed by atoms with Crippen LogP contribution in [0.1, 0.15) is 64.0 Å². The number of methoxy groups -OCH3 is 1. The number of rotatable bonds is 3. The lowest BCUT2D eigenvalue weighted by Gasteiger charge is -2.39. The highest BCUT2D eigenvalue weighted by atomic mass is 79.9. The summed E-state index contributed by atoms with van der Waals surface area (Å²) in [6.07, 6.45) is 5.12. The number of hydrogen-bond donors (Lipinski definition) is 0. The quantitative estimate of drug-likeness (QED) is 0.421. The molecule has 29 heavy (non-hydrogen) atoms. The van der Waals surface area contributed by atoms with Gasteiger partial charge in [0.1, 0.15) is 5.75 Å². The molecule has 0 bridgehead atoms. The molecule has 4 rings (SSSR count). The molecule has 0 amide bonds. The van der Waals surface area contributed by atoms with Crippen molar-refractivity contribution in [2.75, 3.05) is 7.11 Å². The summed E-state index contributed by atoms with van der Waals surface area (Å²) in [5.74, 6) is 1.52. The number of ether oxygens (including phenoxy) is 1. The molecular weight excluding hydrogens is 440 g/mol. The summed E-state index contributed by atoms with van der Waals surface area (Å²) in [6, 6.07) is 8.87. The largest absolute Gasteiger partial charge is 0.497 e. The molecule has 2 nitrogen and oxygen atoms in total. The molecule has 2 aromatic rings. The third-order valence-corrected chi connectivity index (χ3v) is 13.3. The Kier molecular flexibility index (Phi) is 5.24. The third-order valence-electron chi connectivity index (χ3n) is 8.06. The Morgan fingerprint density at radius 2 is 1.86 bits per heavy atom. The van der Waals surface area contributed by atoms with Crippen molar-refractivity contribution in [1.82, 2.24) is 0 Å². The van der Waals surface area contributed by atoms with Gasteiger partial charge in [0.2, 0.25) is 0 Å². The summed E-state index contributed by atoms with van der Waals surface area (Å²) in [6.45, 7) is 14.3. The first-order valence-corrected chi connectivity index (χ1v) is 14.6. The van der Waals surface area contributed by atoms with Crippen LogP contribution < -0.4 is 4.74 Å². The molecule has 4 heteroatoms. The van der Waals surface area contributed by atoms with E-state index in [1.807, 2.05) is 0 Å². The molecule has 0 spiro atoms. The smallest absolute Gasteiger partial charge is 0.192 e. The summed E-state index contributed by atoms with van der Waals surface area (Å²) < 4.78 is 13.6. The summed E-state index contributed by atoms with van der Waals surface area (Å²) in [5, 5.41) is 2.90. The number of halogens is 1. The van der Waals surface area contributed by atoms with Crippen molar-refractivity contribution in [1.29, 1.82) is 0 Å². The average molecular weight is 476 g/mol. The van der Waals surface area contributed by atoms with Gasteiger partial charge in [0.25, 0.3) is 0 Å². The summed E-state index contributed by atoms with van der Waals surface area (Å²) in [7, 11) is 0.000885. The zero-order valence-corrected chi connectivity index (χ0v) is 21.6. The average Bonchev–Trinajstić information content (AvgIpc) is 2.96. The Labute approximate surface area is 185 Å². The monoisotopic (exact) mass is 474 g/mol. The normalized spacial score (nSPS) is 27.0. The van der Waals surface area contributed by atoms with Gasteiger partial charge in [-0.2, -0.15) is 0 Å². The number of hydrogen-bond acceptors (Lipinski definition) is 2. The summed E-state index contributed by atoms with van der Waals surface area (Å²) in [5.41, 5.74) is 3.40. The first-order valence-electron chi connectivity index (χ1n) is 10.9. The van der Waals surface area contributed by atoms with Crippen molar-refractivity contribution in [3.63, 3.8) is 0 Å². The molecule has 1 saturated carbocycles. The molecule has 2 aliphatic carbocycles. The number of fused-ring (bicyclic) bond motifs is 5. The van der Waals surface area contributed by atoms with Gasteiger partial charge in [-0.1, -0.05) is 43.6 Å². The van der Waals surface area contributed by atoms with E-state index >= 15 is 0 Å². The van der Waals surface area contributed by atoms with Gasteiger partial charge in [-0.15, -0.1) is 0 Å². The number of benzene rings is 2. The molecule has 0 N–H and O–H groups in total. The van der Waals surface area contributed by atoms with Crippen molar-refractivity contribution >= 4 is 35.0 Å². The second-order valence-corrected chi connectivity index (χ2v) is 16.6. The van der Waals surface area contributed by atoms with Gasteiger partial charge in [0, 0.05) is 10.6 Å². The highest BCUT2D eigenvalue weighted by molar-refractivity contribution is 9.10. The van der Waals surface area contributed by atoms with Crippen LogP contribution in [0.2, 0.25) is 18.1 Å². The predicted molar refractivity (Wildman–Crippen MR) is 129 cm³/mol. The highest BCUT2D eigenvalue weighted by Gasteiger charge is 2.50. The van der Waals surface area contributed by atoms with Crippen LogP contribution in [0, 0.1) is 5.41 Å². The van der Waals surface area contributed by atoms with E-state index in [9.17, 15) is 0 Å². The van der Waals surface area contributed by atoms with Crippen LogP contribution in [-0.4, -0.2) is 21.5 Å². The molecule has 0 heterocycles. The number of aryl methyl sites for hydroxylation is 1. The van der Waals surface area contributed by atoms with Crippen molar-refractivity contribution in [3.05, 3.63) is 39.9 Å². The standard InChI is InChI=1S/C25H35BrO2Si/c1-24(2,3)29(6,7)28-17-13-22-21-14-23(26)19-9-8-16(27-5)12-20(19)18(21)10-11-25(22,4)15-17/h8-9,12,14,17,22H,10-11,13,15H2,1-7H3/t17?,22?,25-/m1/s1. The molecule has 1 fully saturated rings. The van der Waals surface area contributed by atoms with Crippen LogP contribution in [-0.2, 0) is 10.8 Å².